The number of benzene rings is 1. The van der Waals surface area contributed by atoms with Gasteiger partial charge in [0.15, 0.2) is 0 Å². The lowest BCUT2D eigenvalue weighted by atomic mass is 10.1. The fourth-order valence-electron chi connectivity index (χ4n) is 1.50. The lowest BCUT2D eigenvalue weighted by Crippen LogP contribution is -2.53. The number of aliphatic carboxylic acids is 1. The van der Waals surface area contributed by atoms with E-state index < -0.39 is 17.5 Å². The van der Waals surface area contributed by atoms with Crippen LogP contribution in [0.25, 0.3) is 0 Å². The van der Waals surface area contributed by atoms with Crippen molar-refractivity contribution in [1.29, 1.82) is 0 Å². The fraction of sp³-hybridized carbons (Fsp3) is 0.385. The molecule has 1 aromatic carbocycles. The number of hydrogen-bond donors (Lipinski definition) is 3. The first-order valence-corrected chi connectivity index (χ1v) is 6.66. The molecule has 1 aromatic rings. The molecular weight excluding hydrogens is 303 g/mol. The first kappa shape index (κ1) is 16.6. The predicted octanol–water partition coefficient (Wildman–Crippen LogP) is 3.22. The summed E-state index contributed by atoms with van der Waals surface area (Å²) >= 11 is 11.8. The number of amides is 2. The van der Waals surface area contributed by atoms with Gasteiger partial charge in [0.2, 0.25) is 0 Å². The molecule has 1 atom stereocenters. The summed E-state index contributed by atoms with van der Waals surface area (Å²) in [7, 11) is 0. The summed E-state index contributed by atoms with van der Waals surface area (Å²) in [5.41, 5.74) is -0.660. The van der Waals surface area contributed by atoms with E-state index in [1.54, 1.807) is 25.1 Å². The van der Waals surface area contributed by atoms with Crippen molar-refractivity contribution in [1.82, 2.24) is 10.6 Å². The average molecular weight is 319 g/mol. The maximum atomic E-state index is 11.8. The minimum absolute atomic E-state index is 0.385. The van der Waals surface area contributed by atoms with E-state index in [9.17, 15) is 9.59 Å². The first-order valence-electron chi connectivity index (χ1n) is 5.90. The Bertz CT molecular complexity index is 532. The molecule has 1 unspecified atom stereocenters. The van der Waals surface area contributed by atoms with Gasteiger partial charge in [0, 0.05) is 10.0 Å². The molecule has 0 aliphatic carbocycles. The molecule has 0 saturated heterocycles. The summed E-state index contributed by atoms with van der Waals surface area (Å²) in [6.45, 7) is 4.53. The number of nitrogens with one attached hydrogen (secondary N) is 2. The third kappa shape index (κ3) is 4.28. The van der Waals surface area contributed by atoms with Crippen LogP contribution in [0.5, 0.6) is 0 Å². The van der Waals surface area contributed by atoms with Crippen LogP contribution < -0.4 is 10.6 Å². The molecule has 7 heteroatoms. The molecule has 0 radical (unpaired) electrons. The Morgan fingerprint density at radius 3 is 2.40 bits per heavy atom. The number of urea groups is 1. The van der Waals surface area contributed by atoms with Crippen LogP contribution in [0.2, 0.25) is 10.0 Å². The van der Waals surface area contributed by atoms with Crippen molar-refractivity contribution in [2.24, 2.45) is 0 Å². The third-order valence-corrected chi connectivity index (χ3v) is 3.30. The summed E-state index contributed by atoms with van der Waals surface area (Å²) in [6, 6.07) is 3.98. The topological polar surface area (TPSA) is 78.4 Å². The van der Waals surface area contributed by atoms with E-state index in [2.05, 4.69) is 10.6 Å². The standard InChI is InChI=1S/C13H16Cl2N2O3/c1-7(9-5-4-8(14)6-10(9)15)16-12(20)17-13(2,3)11(18)19/h4-7H,1-3H3,(H,18,19)(H2,16,17,20). The third-order valence-electron chi connectivity index (χ3n) is 2.74. The van der Waals surface area contributed by atoms with Gasteiger partial charge in [0.05, 0.1) is 6.04 Å². The molecule has 0 saturated carbocycles. The van der Waals surface area contributed by atoms with E-state index >= 15 is 0 Å². The van der Waals surface area contributed by atoms with Crippen LogP contribution in [-0.2, 0) is 4.79 Å². The van der Waals surface area contributed by atoms with Crippen molar-refractivity contribution in [2.45, 2.75) is 32.4 Å². The molecular formula is C13H16Cl2N2O3. The van der Waals surface area contributed by atoms with E-state index in [1.807, 2.05) is 0 Å². The van der Waals surface area contributed by atoms with E-state index in [0.29, 0.717) is 15.6 Å². The Morgan fingerprint density at radius 1 is 1.30 bits per heavy atom. The Balaban J connectivity index is 2.73. The van der Waals surface area contributed by atoms with Crippen LogP contribution in [0.1, 0.15) is 32.4 Å². The van der Waals surface area contributed by atoms with Gasteiger partial charge in [0.25, 0.3) is 0 Å². The zero-order valence-electron chi connectivity index (χ0n) is 11.3. The van der Waals surface area contributed by atoms with Crippen molar-refractivity contribution in [3.8, 4) is 0 Å². The molecule has 0 aliphatic rings. The van der Waals surface area contributed by atoms with Crippen LogP contribution in [0, 0.1) is 0 Å². The van der Waals surface area contributed by atoms with Gasteiger partial charge in [-0.2, -0.15) is 0 Å². The number of halogens is 2. The number of carbonyl (C=O) groups excluding carboxylic acids is 1. The molecule has 1 rings (SSSR count). The SMILES string of the molecule is CC(NC(=O)NC(C)(C)C(=O)O)c1ccc(Cl)cc1Cl. The quantitative estimate of drug-likeness (QED) is 0.797. The Hall–Kier alpha value is -1.46. The summed E-state index contributed by atoms with van der Waals surface area (Å²) in [6.07, 6.45) is 0. The Kier molecular flexibility index (Phi) is 5.25. The van der Waals surface area contributed by atoms with Gasteiger partial charge in [-0.05, 0) is 38.5 Å². The van der Waals surface area contributed by atoms with Crippen molar-refractivity contribution in [2.75, 3.05) is 0 Å². The summed E-state index contributed by atoms with van der Waals surface area (Å²) < 4.78 is 0. The number of carboxylic acids is 1. The van der Waals surface area contributed by atoms with E-state index in [4.69, 9.17) is 28.3 Å². The largest absolute Gasteiger partial charge is 0.480 e. The zero-order chi connectivity index (χ0) is 15.5. The number of hydrogen-bond acceptors (Lipinski definition) is 2. The van der Waals surface area contributed by atoms with Crippen molar-refractivity contribution >= 4 is 35.2 Å². The molecule has 0 bridgehead atoms. The highest BCUT2D eigenvalue weighted by Crippen LogP contribution is 2.26. The highest BCUT2D eigenvalue weighted by Gasteiger charge is 2.29. The minimum atomic E-state index is -1.35. The van der Waals surface area contributed by atoms with Gasteiger partial charge >= 0.3 is 12.0 Å². The molecule has 5 nitrogen and oxygen atoms in total. The van der Waals surface area contributed by atoms with E-state index in [-0.39, 0.29) is 6.04 Å². The fourth-order valence-corrected chi connectivity index (χ4v) is 2.07. The maximum Gasteiger partial charge on any atom is 0.328 e. The van der Waals surface area contributed by atoms with Crippen LogP contribution in [0.15, 0.2) is 18.2 Å². The monoisotopic (exact) mass is 318 g/mol. The predicted molar refractivity (Wildman–Crippen MR) is 78.3 cm³/mol. The molecule has 110 valence electrons. The molecule has 0 aromatic heterocycles. The van der Waals surface area contributed by atoms with E-state index in [1.165, 1.54) is 13.8 Å². The smallest absolute Gasteiger partial charge is 0.328 e. The Morgan fingerprint density at radius 2 is 1.90 bits per heavy atom. The van der Waals surface area contributed by atoms with Crippen molar-refractivity contribution < 1.29 is 14.7 Å². The lowest BCUT2D eigenvalue weighted by Gasteiger charge is -2.23. The highest BCUT2D eigenvalue weighted by atomic mass is 35.5. The van der Waals surface area contributed by atoms with Crippen LogP contribution in [0.3, 0.4) is 0 Å². The number of rotatable bonds is 4. The second-order valence-corrected chi connectivity index (χ2v) is 5.76. The normalized spacial score (nSPS) is 12.7. The summed E-state index contributed by atoms with van der Waals surface area (Å²) in [4.78, 5) is 22.7. The van der Waals surface area contributed by atoms with Crippen LogP contribution in [-0.4, -0.2) is 22.6 Å². The van der Waals surface area contributed by atoms with Gasteiger partial charge in [-0.15, -0.1) is 0 Å². The summed E-state index contributed by atoms with van der Waals surface area (Å²) in [5.74, 6) is -1.12. The number of carboxylic acid groups (broad SMARTS) is 1. The van der Waals surface area contributed by atoms with Gasteiger partial charge < -0.3 is 15.7 Å². The van der Waals surface area contributed by atoms with E-state index in [0.717, 1.165) is 0 Å². The molecule has 20 heavy (non-hydrogen) atoms. The Labute approximate surface area is 127 Å². The van der Waals surface area contributed by atoms with Crippen molar-refractivity contribution in [3.05, 3.63) is 33.8 Å². The molecule has 0 fully saturated rings. The second-order valence-electron chi connectivity index (χ2n) is 4.92. The molecule has 0 spiro atoms. The maximum absolute atomic E-state index is 11.8. The molecule has 2 amide bonds. The van der Waals surface area contributed by atoms with Crippen molar-refractivity contribution in [3.63, 3.8) is 0 Å². The second kappa shape index (κ2) is 6.33. The van der Waals surface area contributed by atoms with Gasteiger partial charge in [-0.3, -0.25) is 0 Å². The number of carbonyl (C=O) groups is 2. The van der Waals surface area contributed by atoms with Gasteiger partial charge in [-0.25, -0.2) is 9.59 Å². The van der Waals surface area contributed by atoms with Gasteiger partial charge in [0.1, 0.15) is 5.54 Å². The minimum Gasteiger partial charge on any atom is -0.480 e. The average Bonchev–Trinajstić information content (AvgIpc) is 2.26. The lowest BCUT2D eigenvalue weighted by molar-refractivity contribution is -0.142. The molecule has 0 aliphatic heterocycles. The zero-order valence-corrected chi connectivity index (χ0v) is 12.8. The van der Waals surface area contributed by atoms with Gasteiger partial charge in [-0.1, -0.05) is 29.3 Å². The molecule has 0 heterocycles. The first-order chi connectivity index (χ1) is 9.13. The highest BCUT2D eigenvalue weighted by molar-refractivity contribution is 6.35. The molecule has 3 N–H and O–H groups in total. The van der Waals surface area contributed by atoms with Crippen LogP contribution >= 0.6 is 23.2 Å². The summed E-state index contributed by atoms with van der Waals surface area (Å²) in [5, 5.41) is 14.9. The van der Waals surface area contributed by atoms with Crippen LogP contribution in [0.4, 0.5) is 4.79 Å².